The van der Waals surface area contributed by atoms with Gasteiger partial charge in [-0.2, -0.15) is 36.7 Å². The zero-order valence-electron chi connectivity index (χ0n) is 14.6. The number of alkyl halides is 6. The Labute approximate surface area is 170 Å². The van der Waals surface area contributed by atoms with E-state index in [0.29, 0.717) is 16.0 Å². The highest BCUT2D eigenvalue weighted by molar-refractivity contribution is 8.40. The second-order valence-corrected chi connectivity index (χ2v) is 7.86. The molecular formula is C16H13F6N5S2. The highest BCUT2D eigenvalue weighted by Gasteiger charge is 2.33. The van der Waals surface area contributed by atoms with Gasteiger partial charge in [-0.05, 0) is 35.5 Å². The molecule has 0 aliphatic carbocycles. The van der Waals surface area contributed by atoms with Crippen LogP contribution >= 0.6 is 23.5 Å². The molecule has 29 heavy (non-hydrogen) atoms. The maximum atomic E-state index is 12.8. The van der Waals surface area contributed by atoms with Crippen LogP contribution in [0.4, 0.5) is 26.3 Å². The van der Waals surface area contributed by atoms with Gasteiger partial charge in [0.05, 0.1) is 27.9 Å². The summed E-state index contributed by atoms with van der Waals surface area (Å²) in [5, 5.41) is 14.3. The van der Waals surface area contributed by atoms with Crippen LogP contribution in [-0.4, -0.2) is 22.6 Å². The number of halogens is 6. The zero-order valence-corrected chi connectivity index (χ0v) is 16.2. The van der Waals surface area contributed by atoms with Crippen molar-refractivity contribution >= 4 is 27.9 Å². The summed E-state index contributed by atoms with van der Waals surface area (Å²) in [6.45, 7) is 0. The van der Waals surface area contributed by atoms with E-state index in [-0.39, 0.29) is 22.0 Å². The molecule has 0 radical (unpaired) electrons. The first kappa shape index (κ1) is 22.8. The van der Waals surface area contributed by atoms with Gasteiger partial charge in [0.1, 0.15) is 5.70 Å². The lowest BCUT2D eigenvalue weighted by Gasteiger charge is -2.24. The van der Waals surface area contributed by atoms with Crippen LogP contribution < -0.4 is 11.5 Å². The summed E-state index contributed by atoms with van der Waals surface area (Å²) < 4.78 is 76.4. The van der Waals surface area contributed by atoms with Crippen molar-refractivity contribution < 1.29 is 26.3 Å². The molecule has 156 valence electrons. The number of hydrazone groups is 1. The molecule has 1 aliphatic heterocycles. The maximum Gasteiger partial charge on any atom is 0.430 e. The number of hydrogen-bond acceptors (Lipinski definition) is 7. The smallest absolute Gasteiger partial charge is 0.395 e. The molecule has 0 saturated heterocycles. The molecular weight excluding hydrogens is 440 g/mol. The largest absolute Gasteiger partial charge is 0.430 e. The molecule has 1 heterocycles. The van der Waals surface area contributed by atoms with Crippen molar-refractivity contribution in [3.05, 3.63) is 57.4 Å². The van der Waals surface area contributed by atoms with E-state index in [0.717, 1.165) is 40.7 Å². The zero-order chi connectivity index (χ0) is 22.0. The lowest BCUT2D eigenvalue weighted by atomic mass is 10.1. The number of nitrogens with zero attached hydrogens (tertiary/aromatic N) is 3. The number of thioether (sulfide) groups is 2. The number of benzene rings is 1. The normalized spacial score (nSPS) is 16.0. The van der Waals surface area contributed by atoms with Gasteiger partial charge in [-0.15, -0.1) is 0 Å². The van der Waals surface area contributed by atoms with Crippen LogP contribution in [0.5, 0.6) is 0 Å². The quantitative estimate of drug-likeness (QED) is 0.664. The summed E-state index contributed by atoms with van der Waals surface area (Å²) in [6, 6.07) is 4.55. The fourth-order valence-electron chi connectivity index (χ4n) is 2.08. The van der Waals surface area contributed by atoms with Gasteiger partial charge in [0.2, 0.25) is 0 Å². The lowest BCUT2D eigenvalue weighted by Crippen LogP contribution is -2.24. The Morgan fingerprint density at radius 3 is 2.48 bits per heavy atom. The van der Waals surface area contributed by atoms with E-state index in [4.69, 9.17) is 16.7 Å². The van der Waals surface area contributed by atoms with Gasteiger partial charge in [0.15, 0.2) is 4.38 Å². The van der Waals surface area contributed by atoms with Gasteiger partial charge in [0, 0.05) is 12.8 Å². The minimum atomic E-state index is -4.71. The van der Waals surface area contributed by atoms with E-state index in [1.54, 1.807) is 6.07 Å². The highest BCUT2D eigenvalue weighted by atomic mass is 32.2. The highest BCUT2D eigenvalue weighted by Crippen LogP contribution is 2.35. The summed E-state index contributed by atoms with van der Waals surface area (Å²) in [7, 11) is 1.38. The third-order valence-corrected chi connectivity index (χ3v) is 5.63. The summed E-state index contributed by atoms with van der Waals surface area (Å²) >= 11 is 1.97. The molecule has 0 saturated carbocycles. The second-order valence-electron chi connectivity index (χ2n) is 5.61. The van der Waals surface area contributed by atoms with E-state index < -0.39 is 23.6 Å². The average Bonchev–Trinajstić information content (AvgIpc) is 2.61. The molecule has 1 aromatic carbocycles. The first-order valence-corrected chi connectivity index (χ1v) is 9.40. The first-order chi connectivity index (χ1) is 13.3. The number of nitrogens with two attached hydrogens (primary N) is 2. The second kappa shape index (κ2) is 8.50. The third-order valence-electron chi connectivity index (χ3n) is 3.56. The summed E-state index contributed by atoms with van der Waals surface area (Å²) in [5.74, 6) is 0.115. The SMILES string of the molecule is CN1N=C(SCc2ccc(C(F)(F)F)cc2C#N)SC(N)=C1/C=C(\N)C(F)(F)F. The topological polar surface area (TPSA) is 91.4 Å². The molecule has 0 amide bonds. The van der Waals surface area contributed by atoms with Crippen molar-refractivity contribution in [2.75, 3.05) is 7.05 Å². The fraction of sp³-hybridized carbons (Fsp3) is 0.250. The fourth-order valence-corrected chi connectivity index (χ4v) is 4.12. The van der Waals surface area contributed by atoms with Crippen molar-refractivity contribution in [1.82, 2.24) is 5.01 Å². The van der Waals surface area contributed by atoms with Gasteiger partial charge in [-0.1, -0.05) is 17.8 Å². The van der Waals surface area contributed by atoms with E-state index in [9.17, 15) is 26.3 Å². The molecule has 5 nitrogen and oxygen atoms in total. The first-order valence-electron chi connectivity index (χ1n) is 7.60. The summed E-state index contributed by atoms with van der Waals surface area (Å²) in [6.07, 6.45) is -8.62. The predicted octanol–water partition coefficient (Wildman–Crippen LogP) is 4.29. The Hall–Kier alpha value is -2.46. The molecule has 1 aromatic rings. The molecule has 0 aromatic heterocycles. The van der Waals surface area contributed by atoms with Gasteiger partial charge in [0.25, 0.3) is 0 Å². The Balaban J connectivity index is 2.15. The molecule has 4 N–H and O–H groups in total. The molecule has 0 fully saturated rings. The summed E-state index contributed by atoms with van der Waals surface area (Å²) in [5.41, 5.74) is 8.71. The average molecular weight is 453 g/mol. The van der Waals surface area contributed by atoms with E-state index in [1.807, 2.05) is 0 Å². The molecule has 0 bridgehead atoms. The van der Waals surface area contributed by atoms with Gasteiger partial charge in [-0.25, -0.2) is 0 Å². The van der Waals surface area contributed by atoms with Gasteiger partial charge < -0.3 is 11.5 Å². The Morgan fingerprint density at radius 2 is 1.97 bits per heavy atom. The Morgan fingerprint density at radius 1 is 1.31 bits per heavy atom. The number of nitriles is 1. The van der Waals surface area contributed by atoms with Crippen LogP contribution in [0.15, 0.2) is 45.8 Å². The van der Waals surface area contributed by atoms with E-state index in [1.165, 1.54) is 13.1 Å². The molecule has 0 spiro atoms. The van der Waals surface area contributed by atoms with Crippen molar-refractivity contribution in [3.63, 3.8) is 0 Å². The monoisotopic (exact) mass is 453 g/mol. The van der Waals surface area contributed by atoms with Gasteiger partial charge >= 0.3 is 12.4 Å². The Kier molecular flexibility index (Phi) is 6.69. The van der Waals surface area contributed by atoms with Crippen LogP contribution in [-0.2, 0) is 11.9 Å². The molecule has 0 atom stereocenters. The van der Waals surface area contributed by atoms with Crippen molar-refractivity contribution in [3.8, 4) is 6.07 Å². The van der Waals surface area contributed by atoms with Crippen LogP contribution in [0, 0.1) is 11.3 Å². The number of hydrogen-bond donors (Lipinski definition) is 2. The maximum absolute atomic E-state index is 12.8. The molecule has 13 heteroatoms. The van der Waals surface area contributed by atoms with Crippen molar-refractivity contribution in [1.29, 1.82) is 5.26 Å². The number of rotatable bonds is 3. The predicted molar refractivity (Wildman–Crippen MR) is 99.8 cm³/mol. The lowest BCUT2D eigenvalue weighted by molar-refractivity contribution is -0.137. The number of allylic oxidation sites excluding steroid dienone is 2. The van der Waals surface area contributed by atoms with Crippen molar-refractivity contribution in [2.24, 2.45) is 16.6 Å². The standard InChI is InChI=1S/C16H13F6N5S2/c1-27-11(5-12(24)16(20,21)22)13(25)29-14(26-27)28-7-8-2-3-10(15(17,18)19)4-9(8)6-23/h2-5H,7,24-25H2,1H3/b12-5-. The number of likely N-dealkylation sites (N-methyl/N-ethyl adjacent to an activating group) is 1. The minimum absolute atomic E-state index is 0.0186. The van der Waals surface area contributed by atoms with E-state index in [2.05, 4.69) is 5.10 Å². The van der Waals surface area contributed by atoms with Crippen LogP contribution in [0.1, 0.15) is 16.7 Å². The molecule has 1 aliphatic rings. The van der Waals surface area contributed by atoms with Gasteiger partial charge in [-0.3, -0.25) is 5.01 Å². The summed E-state index contributed by atoms with van der Waals surface area (Å²) in [4.78, 5) is 0. The van der Waals surface area contributed by atoms with Crippen molar-refractivity contribution in [2.45, 2.75) is 18.1 Å². The van der Waals surface area contributed by atoms with Crippen LogP contribution in [0.3, 0.4) is 0 Å². The third kappa shape index (κ3) is 5.77. The van der Waals surface area contributed by atoms with Crippen LogP contribution in [0.25, 0.3) is 0 Å². The van der Waals surface area contributed by atoms with E-state index >= 15 is 0 Å². The molecule has 0 unspecified atom stereocenters. The molecule has 2 rings (SSSR count). The Bertz CT molecular complexity index is 927. The minimum Gasteiger partial charge on any atom is -0.395 e. The van der Waals surface area contributed by atoms with Crippen LogP contribution in [0.2, 0.25) is 0 Å².